The fraction of sp³-hybridized carbons (Fsp3) is 0.316. The lowest BCUT2D eigenvalue weighted by Gasteiger charge is -2.28. The first-order valence-electron chi connectivity index (χ1n) is 8.76. The van der Waals surface area contributed by atoms with Crippen molar-refractivity contribution in [3.05, 3.63) is 61.4 Å². The molecule has 9 nitrogen and oxygen atoms in total. The number of aromatic nitrogens is 2. The number of aromatic amines is 1. The number of anilines is 1. The maximum atomic E-state index is 12.8. The molecule has 2 aliphatic heterocycles. The van der Waals surface area contributed by atoms with Crippen molar-refractivity contribution >= 4 is 11.8 Å². The number of ether oxygens (including phenoxy) is 3. The molecule has 2 N–H and O–H groups in total. The molecule has 4 rings (SSSR count). The Bertz CT molecular complexity index is 1130. The molecule has 1 aromatic heterocycles. The summed E-state index contributed by atoms with van der Waals surface area (Å²) in [7, 11) is 3.03. The average molecular weight is 385 g/mol. The van der Waals surface area contributed by atoms with E-state index in [1.807, 2.05) is 0 Å². The van der Waals surface area contributed by atoms with Crippen LogP contribution in [0, 0.1) is 0 Å². The molecule has 0 fully saturated rings. The van der Waals surface area contributed by atoms with E-state index in [9.17, 15) is 14.4 Å². The van der Waals surface area contributed by atoms with Crippen LogP contribution in [0.1, 0.15) is 24.0 Å². The summed E-state index contributed by atoms with van der Waals surface area (Å²) in [6, 6.07) is 5.15. The smallest absolute Gasteiger partial charge is 0.337 e. The van der Waals surface area contributed by atoms with E-state index >= 15 is 0 Å². The lowest BCUT2D eigenvalue weighted by Crippen LogP contribution is -2.38. The van der Waals surface area contributed by atoms with Crippen LogP contribution in [0.5, 0.6) is 11.5 Å². The predicted molar refractivity (Wildman–Crippen MR) is 100.0 cm³/mol. The number of hydrogen-bond acceptors (Lipinski definition) is 7. The molecular weight excluding hydrogens is 366 g/mol. The van der Waals surface area contributed by atoms with Gasteiger partial charge in [-0.3, -0.25) is 14.3 Å². The SMILES string of the molecule is CCn1c2c(c(=O)[nH]c1=O)[C@@H](c1cc(OC)ccc1OC)C1=C(COC1=O)N2. The van der Waals surface area contributed by atoms with Gasteiger partial charge in [0.25, 0.3) is 5.56 Å². The second kappa shape index (κ2) is 6.59. The molecule has 0 unspecified atom stereocenters. The Labute approximate surface area is 159 Å². The topological polar surface area (TPSA) is 112 Å². The minimum atomic E-state index is -0.770. The van der Waals surface area contributed by atoms with Crippen LogP contribution in [0.25, 0.3) is 0 Å². The summed E-state index contributed by atoms with van der Waals surface area (Å²) in [5.41, 5.74) is 0.585. The van der Waals surface area contributed by atoms with Crippen LogP contribution in [0.4, 0.5) is 5.82 Å². The molecule has 1 atom stereocenters. The van der Waals surface area contributed by atoms with E-state index in [-0.39, 0.29) is 12.2 Å². The molecule has 28 heavy (non-hydrogen) atoms. The van der Waals surface area contributed by atoms with Crippen LogP contribution in [0.3, 0.4) is 0 Å². The van der Waals surface area contributed by atoms with Gasteiger partial charge in [0, 0.05) is 12.1 Å². The predicted octanol–water partition coefficient (Wildman–Crippen LogP) is 0.942. The minimum Gasteiger partial charge on any atom is -0.497 e. The highest BCUT2D eigenvalue weighted by Gasteiger charge is 2.42. The van der Waals surface area contributed by atoms with E-state index < -0.39 is 23.1 Å². The standard InChI is InChI=1S/C19H19N3O6/c1-4-22-16-15(17(23)21-19(22)25)13(14-11(20-16)8-28-18(14)24)10-7-9(26-2)5-6-12(10)27-3/h5-7,13,20H,4,8H2,1-3H3,(H,21,23,25)/t13-/m0/s1. The van der Waals surface area contributed by atoms with Gasteiger partial charge in [-0.05, 0) is 25.1 Å². The monoisotopic (exact) mass is 385 g/mol. The molecule has 0 aliphatic carbocycles. The van der Waals surface area contributed by atoms with Gasteiger partial charge in [-0.2, -0.15) is 0 Å². The number of fused-ring (bicyclic) bond motifs is 1. The first-order chi connectivity index (χ1) is 13.5. The van der Waals surface area contributed by atoms with Gasteiger partial charge >= 0.3 is 11.7 Å². The Kier molecular flexibility index (Phi) is 4.21. The number of carbonyl (C=O) groups is 1. The van der Waals surface area contributed by atoms with Crippen molar-refractivity contribution in [1.82, 2.24) is 9.55 Å². The molecule has 0 radical (unpaired) electrons. The largest absolute Gasteiger partial charge is 0.497 e. The van der Waals surface area contributed by atoms with E-state index in [0.29, 0.717) is 40.7 Å². The van der Waals surface area contributed by atoms with E-state index in [1.165, 1.54) is 18.8 Å². The summed E-state index contributed by atoms with van der Waals surface area (Å²) in [6.07, 6.45) is 0. The first-order valence-corrected chi connectivity index (χ1v) is 8.76. The quantitative estimate of drug-likeness (QED) is 0.754. The maximum Gasteiger partial charge on any atom is 0.337 e. The Balaban J connectivity index is 2.08. The number of carbonyl (C=O) groups excluding carboxylic acids is 1. The van der Waals surface area contributed by atoms with Gasteiger partial charge < -0.3 is 19.5 Å². The van der Waals surface area contributed by atoms with E-state index in [1.54, 1.807) is 25.1 Å². The molecule has 2 aromatic rings. The van der Waals surface area contributed by atoms with Crippen LogP contribution in [0.15, 0.2) is 39.1 Å². The minimum absolute atomic E-state index is 0.0428. The van der Waals surface area contributed by atoms with Crippen molar-refractivity contribution in [2.24, 2.45) is 0 Å². The summed E-state index contributed by atoms with van der Waals surface area (Å²) in [4.78, 5) is 40.0. The third-order valence-corrected chi connectivity index (χ3v) is 5.04. The number of H-pyrrole nitrogens is 1. The van der Waals surface area contributed by atoms with Crippen molar-refractivity contribution in [2.75, 3.05) is 26.1 Å². The highest BCUT2D eigenvalue weighted by atomic mass is 16.5. The Morgan fingerprint density at radius 1 is 1.21 bits per heavy atom. The molecule has 146 valence electrons. The molecule has 0 saturated heterocycles. The summed E-state index contributed by atoms with van der Waals surface area (Å²) < 4.78 is 17.4. The molecule has 0 saturated carbocycles. The molecule has 1 aromatic carbocycles. The lowest BCUT2D eigenvalue weighted by molar-refractivity contribution is -0.136. The zero-order chi connectivity index (χ0) is 20.0. The fourth-order valence-electron chi connectivity index (χ4n) is 3.77. The molecular formula is C19H19N3O6. The number of esters is 1. The van der Waals surface area contributed by atoms with Gasteiger partial charge in [0.1, 0.15) is 23.9 Å². The number of nitrogens with zero attached hydrogens (tertiary/aromatic N) is 1. The average Bonchev–Trinajstić information content (AvgIpc) is 3.06. The van der Waals surface area contributed by atoms with Crippen molar-refractivity contribution in [1.29, 1.82) is 0 Å². The van der Waals surface area contributed by atoms with Crippen LogP contribution >= 0.6 is 0 Å². The second-order valence-corrected chi connectivity index (χ2v) is 6.40. The molecule has 2 aliphatic rings. The number of hydrogen-bond donors (Lipinski definition) is 2. The lowest BCUT2D eigenvalue weighted by atomic mass is 9.82. The number of nitrogens with one attached hydrogen (secondary N) is 2. The van der Waals surface area contributed by atoms with E-state index in [0.717, 1.165) is 0 Å². The zero-order valence-electron chi connectivity index (χ0n) is 15.6. The van der Waals surface area contributed by atoms with Crippen molar-refractivity contribution in [2.45, 2.75) is 19.4 Å². The number of methoxy groups -OCH3 is 2. The fourth-order valence-corrected chi connectivity index (χ4v) is 3.77. The van der Waals surface area contributed by atoms with Crippen molar-refractivity contribution in [3.8, 4) is 11.5 Å². The highest BCUT2D eigenvalue weighted by molar-refractivity contribution is 5.97. The Hall–Kier alpha value is -3.49. The first kappa shape index (κ1) is 17.9. The summed E-state index contributed by atoms with van der Waals surface area (Å²) in [5, 5.41) is 3.06. The van der Waals surface area contributed by atoms with Crippen LogP contribution in [-0.4, -0.2) is 36.3 Å². The number of benzene rings is 1. The third kappa shape index (κ3) is 2.50. The number of cyclic esters (lactones) is 1. The molecule has 0 spiro atoms. The molecule has 0 amide bonds. The molecule has 9 heteroatoms. The zero-order valence-corrected chi connectivity index (χ0v) is 15.6. The van der Waals surface area contributed by atoms with Crippen LogP contribution < -0.4 is 26.0 Å². The van der Waals surface area contributed by atoms with Gasteiger partial charge in [-0.1, -0.05) is 0 Å². The van der Waals surface area contributed by atoms with Crippen molar-refractivity contribution in [3.63, 3.8) is 0 Å². The third-order valence-electron chi connectivity index (χ3n) is 5.04. The summed E-state index contributed by atoms with van der Waals surface area (Å²) in [5.74, 6) is 0.0942. The summed E-state index contributed by atoms with van der Waals surface area (Å²) in [6.45, 7) is 2.18. The van der Waals surface area contributed by atoms with Crippen molar-refractivity contribution < 1.29 is 19.0 Å². The maximum absolute atomic E-state index is 12.8. The van der Waals surface area contributed by atoms with Crippen LogP contribution in [0.2, 0.25) is 0 Å². The number of rotatable bonds is 4. The Morgan fingerprint density at radius 2 is 2.00 bits per heavy atom. The summed E-state index contributed by atoms with van der Waals surface area (Å²) >= 11 is 0. The van der Waals surface area contributed by atoms with Crippen LogP contribution in [-0.2, 0) is 16.1 Å². The normalized spacial score (nSPS) is 17.5. The van der Waals surface area contributed by atoms with Gasteiger partial charge in [0.05, 0.1) is 37.0 Å². The van der Waals surface area contributed by atoms with E-state index in [2.05, 4.69) is 10.3 Å². The van der Waals surface area contributed by atoms with Gasteiger partial charge in [0.2, 0.25) is 0 Å². The van der Waals surface area contributed by atoms with Gasteiger partial charge in [-0.25, -0.2) is 9.59 Å². The van der Waals surface area contributed by atoms with Gasteiger partial charge in [-0.15, -0.1) is 0 Å². The molecule has 0 bridgehead atoms. The van der Waals surface area contributed by atoms with Gasteiger partial charge in [0.15, 0.2) is 0 Å². The molecule has 3 heterocycles. The van der Waals surface area contributed by atoms with E-state index in [4.69, 9.17) is 14.2 Å². The Morgan fingerprint density at radius 3 is 2.68 bits per heavy atom. The highest BCUT2D eigenvalue weighted by Crippen LogP contribution is 2.45. The second-order valence-electron chi connectivity index (χ2n) is 6.40.